The Balaban J connectivity index is 1.76. The van der Waals surface area contributed by atoms with Crippen molar-refractivity contribution in [3.63, 3.8) is 0 Å². The molecule has 0 unspecified atom stereocenters. The molecule has 2 amide bonds. The summed E-state index contributed by atoms with van der Waals surface area (Å²) >= 11 is 0.878. The average Bonchev–Trinajstić information content (AvgIpc) is 3.79. The summed E-state index contributed by atoms with van der Waals surface area (Å²) in [6, 6.07) is 6.32. The van der Waals surface area contributed by atoms with Crippen molar-refractivity contribution in [2.45, 2.75) is 37.0 Å². The first-order valence-corrected chi connectivity index (χ1v) is 13.8. The molecule has 1 aromatic heterocycles. The van der Waals surface area contributed by atoms with Gasteiger partial charge in [0.15, 0.2) is 5.82 Å². The van der Waals surface area contributed by atoms with Gasteiger partial charge < -0.3 is 10.2 Å². The van der Waals surface area contributed by atoms with E-state index in [1.54, 1.807) is 11.4 Å². The van der Waals surface area contributed by atoms with Crippen molar-refractivity contribution < 1.29 is 57.9 Å². The van der Waals surface area contributed by atoms with E-state index in [2.05, 4.69) is 4.98 Å². The van der Waals surface area contributed by atoms with Crippen LogP contribution in [0.2, 0.25) is 0 Å². The molecule has 0 atom stereocenters. The third-order valence-corrected chi connectivity index (χ3v) is 7.69. The van der Waals surface area contributed by atoms with Crippen molar-refractivity contribution in [3.05, 3.63) is 86.0 Å². The lowest BCUT2D eigenvalue weighted by Gasteiger charge is -2.31. The van der Waals surface area contributed by atoms with E-state index in [0.29, 0.717) is 12.8 Å². The smallest absolute Gasteiger partial charge is 0.320 e. The first-order chi connectivity index (χ1) is 21.2. The van der Waals surface area contributed by atoms with Gasteiger partial charge in [-0.2, -0.15) is 44.8 Å². The van der Waals surface area contributed by atoms with E-state index >= 15 is 4.39 Å². The molecule has 244 valence electrons. The maximum Gasteiger partial charge on any atom is 0.435 e. The molecule has 1 heterocycles. The fraction of sp³-hybridized carbons (Fsp3) is 0.286. The van der Waals surface area contributed by atoms with Crippen LogP contribution in [0.15, 0.2) is 48.7 Å². The molecule has 0 bridgehead atoms. The zero-order chi connectivity index (χ0) is 34.4. The van der Waals surface area contributed by atoms with Crippen molar-refractivity contribution in [2.75, 3.05) is 16.8 Å². The second-order valence-corrected chi connectivity index (χ2v) is 11.2. The number of amides is 2. The maximum atomic E-state index is 15.8. The number of halogens is 12. The molecule has 1 aliphatic carbocycles. The lowest BCUT2D eigenvalue weighted by molar-refractivity contribution is -0.348. The number of nitriles is 1. The van der Waals surface area contributed by atoms with Gasteiger partial charge in [0, 0.05) is 21.9 Å². The second kappa shape index (κ2) is 12.3. The normalized spacial score (nSPS) is 14.1. The van der Waals surface area contributed by atoms with Crippen LogP contribution >= 0.6 is 22.6 Å². The molecule has 1 fully saturated rings. The zero-order valence-electron chi connectivity index (χ0n) is 22.5. The van der Waals surface area contributed by atoms with Crippen LogP contribution in [0.3, 0.4) is 0 Å². The van der Waals surface area contributed by atoms with E-state index in [4.69, 9.17) is 5.26 Å². The lowest BCUT2D eigenvalue weighted by Crippen LogP contribution is -2.50. The molecule has 2 aromatic carbocycles. The van der Waals surface area contributed by atoms with Crippen LogP contribution in [-0.4, -0.2) is 35.7 Å². The SMILES string of the molecule is N#Cc1ccc(C(=O)N(CC2CC2)c2cccc(C(=O)Nc3c(I)cc(C(F)(C(F)(F)F)C(F)(F)F)cc3C(F)(F)F)c2F)cn1. The predicted molar refractivity (Wildman–Crippen MR) is 147 cm³/mol. The highest BCUT2D eigenvalue weighted by Gasteiger charge is 2.73. The predicted octanol–water partition coefficient (Wildman–Crippen LogP) is 8.31. The summed E-state index contributed by atoms with van der Waals surface area (Å²) < 4.78 is 151. The van der Waals surface area contributed by atoms with Crippen LogP contribution in [0.4, 0.5) is 59.7 Å². The Morgan fingerprint density at radius 3 is 2.11 bits per heavy atom. The van der Waals surface area contributed by atoms with Crippen molar-refractivity contribution in [1.82, 2.24) is 4.98 Å². The van der Waals surface area contributed by atoms with Crippen LogP contribution in [0, 0.1) is 26.6 Å². The summed E-state index contributed by atoms with van der Waals surface area (Å²) in [7, 11) is 0. The molecule has 1 saturated carbocycles. The van der Waals surface area contributed by atoms with Gasteiger partial charge in [-0.05, 0) is 77.7 Å². The van der Waals surface area contributed by atoms with E-state index in [-0.39, 0.29) is 29.8 Å². The summed E-state index contributed by atoms with van der Waals surface area (Å²) in [6.07, 6.45) is -16.8. The minimum atomic E-state index is -6.72. The van der Waals surface area contributed by atoms with E-state index in [0.717, 1.165) is 51.9 Å². The molecule has 0 saturated heterocycles. The van der Waals surface area contributed by atoms with Crippen molar-refractivity contribution in [1.29, 1.82) is 5.26 Å². The number of carbonyl (C=O) groups excluding carboxylic acids is 2. The number of anilines is 2. The lowest BCUT2D eigenvalue weighted by atomic mass is 9.92. The largest absolute Gasteiger partial charge is 0.435 e. The van der Waals surface area contributed by atoms with Gasteiger partial charge in [0.25, 0.3) is 11.8 Å². The number of carbonyl (C=O) groups is 2. The third-order valence-electron chi connectivity index (χ3n) is 6.83. The minimum absolute atomic E-state index is 0.0231. The summed E-state index contributed by atoms with van der Waals surface area (Å²) in [5, 5.41) is 10.6. The van der Waals surface area contributed by atoms with Gasteiger partial charge in [-0.15, -0.1) is 0 Å². The molecule has 4 rings (SSSR count). The third kappa shape index (κ3) is 6.73. The molecule has 18 heteroatoms. The van der Waals surface area contributed by atoms with Gasteiger partial charge in [0.1, 0.15) is 11.8 Å². The van der Waals surface area contributed by atoms with Gasteiger partial charge >= 0.3 is 24.2 Å². The fourth-order valence-corrected chi connectivity index (χ4v) is 5.08. The summed E-state index contributed by atoms with van der Waals surface area (Å²) in [6.45, 7) is -0.0399. The average molecular weight is 776 g/mol. The monoisotopic (exact) mass is 776 g/mol. The molecule has 0 radical (unpaired) electrons. The van der Waals surface area contributed by atoms with Crippen LogP contribution in [0.5, 0.6) is 0 Å². The number of hydrogen-bond acceptors (Lipinski definition) is 4. The van der Waals surface area contributed by atoms with Crippen LogP contribution < -0.4 is 10.2 Å². The number of benzene rings is 2. The molecule has 1 aliphatic rings. The van der Waals surface area contributed by atoms with Crippen LogP contribution in [0.1, 0.15) is 50.4 Å². The molecule has 46 heavy (non-hydrogen) atoms. The Bertz CT molecular complexity index is 1700. The molecule has 6 nitrogen and oxygen atoms in total. The van der Waals surface area contributed by atoms with E-state index in [9.17, 15) is 53.5 Å². The highest BCUT2D eigenvalue weighted by molar-refractivity contribution is 14.1. The van der Waals surface area contributed by atoms with Crippen LogP contribution in [0.25, 0.3) is 0 Å². The summed E-state index contributed by atoms with van der Waals surface area (Å²) in [5.41, 5.74) is -13.8. The minimum Gasteiger partial charge on any atom is -0.320 e. The summed E-state index contributed by atoms with van der Waals surface area (Å²) in [5.74, 6) is -3.87. The number of hydrogen-bond donors (Lipinski definition) is 1. The Morgan fingerprint density at radius 2 is 1.61 bits per heavy atom. The molecule has 0 aliphatic heterocycles. The van der Waals surface area contributed by atoms with Gasteiger partial charge in [-0.1, -0.05) is 6.07 Å². The topological polar surface area (TPSA) is 86.1 Å². The zero-order valence-corrected chi connectivity index (χ0v) is 24.7. The van der Waals surface area contributed by atoms with Crippen LogP contribution in [-0.2, 0) is 11.8 Å². The van der Waals surface area contributed by atoms with Gasteiger partial charge in [0.05, 0.1) is 28.1 Å². The van der Waals surface area contributed by atoms with Gasteiger partial charge in [-0.25, -0.2) is 13.8 Å². The fourth-order valence-electron chi connectivity index (χ4n) is 4.32. The van der Waals surface area contributed by atoms with Gasteiger partial charge in [-0.3, -0.25) is 9.59 Å². The number of rotatable bonds is 7. The Kier molecular flexibility index (Phi) is 9.32. The number of nitrogens with zero attached hydrogens (tertiary/aromatic N) is 3. The summed E-state index contributed by atoms with van der Waals surface area (Å²) in [4.78, 5) is 31.1. The van der Waals surface area contributed by atoms with E-state index < -0.39 is 79.5 Å². The standard InChI is InChI=1S/C28H16F11IN4O2/c29-21-17(2-1-3-20(21)44(12-13-4-5-13)24(46)14-6-7-16(10-41)42-11-14)23(45)43-22-18(26(31,32)33)8-15(9-19(22)40)25(30,27(34,35)36)28(37,38)39/h1-3,6-9,11,13H,4-5,12H2,(H,43,45). The molecular formula is C28H16F11IN4O2. The molecule has 1 N–H and O–H groups in total. The molecule has 3 aromatic rings. The van der Waals surface area contributed by atoms with Gasteiger partial charge in [0.2, 0.25) is 0 Å². The first kappa shape index (κ1) is 34.8. The molecule has 0 spiro atoms. The number of nitrogens with one attached hydrogen (secondary N) is 1. The highest BCUT2D eigenvalue weighted by atomic mass is 127. The number of aromatic nitrogens is 1. The van der Waals surface area contributed by atoms with E-state index in [1.807, 2.05) is 0 Å². The number of pyridine rings is 1. The Hall–Kier alpha value is -4.02. The number of alkyl halides is 10. The Morgan fingerprint density at radius 1 is 0.978 bits per heavy atom. The molecular weight excluding hydrogens is 760 g/mol. The van der Waals surface area contributed by atoms with Crippen molar-refractivity contribution in [3.8, 4) is 6.07 Å². The Labute approximate surface area is 265 Å². The maximum absolute atomic E-state index is 15.8. The highest BCUT2D eigenvalue weighted by Crippen LogP contribution is 2.55. The quantitative estimate of drug-likeness (QED) is 0.193. The van der Waals surface area contributed by atoms with E-state index in [1.165, 1.54) is 12.1 Å². The van der Waals surface area contributed by atoms with Crippen molar-refractivity contribution in [2.24, 2.45) is 5.92 Å². The second-order valence-electron chi connectivity index (χ2n) is 10.0. The first-order valence-electron chi connectivity index (χ1n) is 12.7. The van der Waals surface area contributed by atoms with Crippen molar-refractivity contribution >= 4 is 45.8 Å².